The summed E-state index contributed by atoms with van der Waals surface area (Å²) in [6, 6.07) is 19.1. The Hall–Kier alpha value is -3.02. The summed E-state index contributed by atoms with van der Waals surface area (Å²) in [5, 5.41) is 30.5. The van der Waals surface area contributed by atoms with E-state index in [-0.39, 0.29) is 31.3 Å². The topological polar surface area (TPSA) is 79.2 Å². The van der Waals surface area contributed by atoms with Crippen LogP contribution in [-0.2, 0) is 26.4 Å². The maximum atomic E-state index is 10.7. The number of ether oxygens (including phenoxy) is 2. The van der Waals surface area contributed by atoms with E-state index < -0.39 is 6.61 Å². The second kappa shape index (κ2) is 9.26. The van der Waals surface area contributed by atoms with Gasteiger partial charge in [0.25, 0.3) is 0 Å². The quantitative estimate of drug-likeness (QED) is 0.553. The molecule has 3 aromatic rings. The maximum Gasteiger partial charge on any atom is 0.167 e. The Morgan fingerprint density at radius 2 is 1.11 bits per heavy atom. The van der Waals surface area contributed by atoms with Gasteiger partial charge in [0, 0.05) is 16.7 Å². The van der Waals surface area contributed by atoms with Gasteiger partial charge in [0.05, 0.1) is 13.2 Å². The Bertz CT molecular complexity index is 831. The van der Waals surface area contributed by atoms with E-state index in [1.165, 1.54) is 0 Å². The average Bonchev–Trinajstić information content (AvgIpc) is 2.75. The van der Waals surface area contributed by atoms with Crippen molar-refractivity contribution in [1.82, 2.24) is 0 Å². The van der Waals surface area contributed by atoms with Crippen LogP contribution in [0.2, 0.25) is 0 Å². The molecule has 0 fully saturated rings. The van der Waals surface area contributed by atoms with Crippen LogP contribution in [0.1, 0.15) is 27.8 Å². The van der Waals surface area contributed by atoms with Gasteiger partial charge in [0.1, 0.15) is 19.0 Å². The summed E-state index contributed by atoms with van der Waals surface area (Å²) < 4.78 is 11.7. The third-order valence-corrected chi connectivity index (χ3v) is 4.59. The van der Waals surface area contributed by atoms with Crippen molar-refractivity contribution >= 4 is 0 Å². The van der Waals surface area contributed by atoms with Crippen molar-refractivity contribution < 1.29 is 24.8 Å². The molecule has 0 spiro atoms. The van der Waals surface area contributed by atoms with Gasteiger partial charge in [-0.1, -0.05) is 60.7 Å². The number of aliphatic hydroxyl groups is 2. The van der Waals surface area contributed by atoms with E-state index in [2.05, 4.69) is 0 Å². The highest BCUT2D eigenvalue weighted by atomic mass is 16.5. The van der Waals surface area contributed by atoms with Gasteiger partial charge in [-0.25, -0.2) is 0 Å². The number of phenolic OH excluding ortho intramolecular Hbond substituents is 1. The molecule has 0 aromatic heterocycles. The number of phenols is 1. The third-order valence-electron chi connectivity index (χ3n) is 4.59. The number of aliphatic hydroxyl groups excluding tert-OH is 2. The van der Waals surface area contributed by atoms with Gasteiger partial charge in [-0.15, -0.1) is 0 Å². The largest absolute Gasteiger partial charge is 0.504 e. The molecule has 0 aliphatic heterocycles. The van der Waals surface area contributed by atoms with Gasteiger partial charge in [0.15, 0.2) is 11.5 Å². The Kier molecular flexibility index (Phi) is 6.53. The van der Waals surface area contributed by atoms with E-state index in [0.29, 0.717) is 22.4 Å². The fourth-order valence-electron chi connectivity index (χ4n) is 3.07. The lowest BCUT2D eigenvalue weighted by Gasteiger charge is -2.21. The molecule has 0 aliphatic carbocycles. The molecule has 0 atom stereocenters. The summed E-state index contributed by atoms with van der Waals surface area (Å²) in [5.74, 6) is 0.431. The monoisotopic (exact) mass is 380 g/mol. The summed E-state index contributed by atoms with van der Waals surface area (Å²) in [7, 11) is 0. The van der Waals surface area contributed by atoms with Crippen LogP contribution in [0.4, 0.5) is 0 Å². The first kappa shape index (κ1) is 19.7. The van der Waals surface area contributed by atoms with Gasteiger partial charge in [-0.3, -0.25) is 0 Å². The summed E-state index contributed by atoms with van der Waals surface area (Å²) in [4.78, 5) is 0. The summed E-state index contributed by atoms with van der Waals surface area (Å²) in [6.07, 6.45) is 0. The zero-order valence-electron chi connectivity index (χ0n) is 15.8. The van der Waals surface area contributed by atoms with Gasteiger partial charge >= 0.3 is 0 Å². The van der Waals surface area contributed by atoms with Crippen LogP contribution in [0.25, 0.3) is 0 Å². The molecule has 0 saturated heterocycles. The third kappa shape index (κ3) is 4.27. The van der Waals surface area contributed by atoms with E-state index in [0.717, 1.165) is 11.1 Å². The molecule has 0 saturated carbocycles. The number of aromatic hydroxyl groups is 1. The highest BCUT2D eigenvalue weighted by Crippen LogP contribution is 2.44. The van der Waals surface area contributed by atoms with Gasteiger partial charge < -0.3 is 24.8 Å². The van der Waals surface area contributed by atoms with Crippen molar-refractivity contribution in [3.63, 3.8) is 0 Å². The average molecular weight is 380 g/mol. The minimum Gasteiger partial charge on any atom is -0.504 e. The lowest BCUT2D eigenvalue weighted by molar-refractivity contribution is 0.226. The predicted octanol–water partition coefficient (Wildman–Crippen LogP) is 3.84. The molecule has 0 bridgehead atoms. The molecule has 28 heavy (non-hydrogen) atoms. The van der Waals surface area contributed by atoms with Crippen molar-refractivity contribution in [3.8, 4) is 17.2 Å². The molecule has 5 heteroatoms. The summed E-state index contributed by atoms with van der Waals surface area (Å²) in [5.41, 5.74) is 3.08. The smallest absolute Gasteiger partial charge is 0.167 e. The minimum absolute atomic E-state index is 0.0970. The zero-order valence-corrected chi connectivity index (χ0v) is 15.8. The number of rotatable bonds is 8. The normalized spacial score (nSPS) is 10.7. The van der Waals surface area contributed by atoms with Crippen molar-refractivity contribution in [3.05, 3.63) is 88.5 Å². The molecule has 3 rings (SSSR count). The van der Waals surface area contributed by atoms with E-state index in [1.54, 1.807) is 6.92 Å². The highest BCUT2D eigenvalue weighted by molar-refractivity contribution is 5.62. The summed E-state index contributed by atoms with van der Waals surface area (Å²) >= 11 is 0. The fourth-order valence-corrected chi connectivity index (χ4v) is 3.07. The number of benzene rings is 3. The van der Waals surface area contributed by atoms with E-state index in [4.69, 9.17) is 9.47 Å². The Labute approximate surface area is 164 Å². The van der Waals surface area contributed by atoms with Gasteiger partial charge in [-0.2, -0.15) is 0 Å². The van der Waals surface area contributed by atoms with Crippen LogP contribution >= 0.6 is 0 Å². The molecule has 5 nitrogen and oxygen atoms in total. The number of hydrogen-bond acceptors (Lipinski definition) is 5. The van der Waals surface area contributed by atoms with Crippen LogP contribution in [0.3, 0.4) is 0 Å². The summed E-state index contributed by atoms with van der Waals surface area (Å²) in [6.45, 7) is 1.48. The minimum atomic E-state index is -0.393. The molecule has 3 aromatic carbocycles. The molecular formula is C23H24O5. The van der Waals surface area contributed by atoms with Crippen LogP contribution in [-0.4, -0.2) is 15.3 Å². The van der Waals surface area contributed by atoms with Gasteiger partial charge in [0.2, 0.25) is 0 Å². The molecule has 0 aliphatic rings. The van der Waals surface area contributed by atoms with Crippen LogP contribution in [0, 0.1) is 6.92 Å². The Morgan fingerprint density at radius 3 is 1.57 bits per heavy atom. The van der Waals surface area contributed by atoms with E-state index >= 15 is 0 Å². The van der Waals surface area contributed by atoms with Crippen molar-refractivity contribution in [2.45, 2.75) is 33.4 Å². The standard InChI is InChI=1S/C23H24O5/c1-16-21(26)23(28-15-18-10-6-3-7-11-18)20(13-25)19(12-24)22(16)27-14-17-8-4-2-5-9-17/h2-11,24-26H,12-15H2,1H3. The zero-order chi connectivity index (χ0) is 19.9. The van der Waals surface area contributed by atoms with Gasteiger partial charge in [-0.05, 0) is 18.1 Å². The Balaban J connectivity index is 1.92. The van der Waals surface area contributed by atoms with Crippen molar-refractivity contribution in [1.29, 1.82) is 0 Å². The molecule has 3 N–H and O–H groups in total. The van der Waals surface area contributed by atoms with Crippen LogP contribution in [0.5, 0.6) is 17.2 Å². The van der Waals surface area contributed by atoms with Crippen LogP contribution in [0.15, 0.2) is 60.7 Å². The lowest BCUT2D eigenvalue weighted by atomic mass is 10.0. The van der Waals surface area contributed by atoms with Crippen molar-refractivity contribution in [2.24, 2.45) is 0 Å². The fraction of sp³-hybridized carbons (Fsp3) is 0.217. The first-order valence-electron chi connectivity index (χ1n) is 9.08. The predicted molar refractivity (Wildman–Crippen MR) is 106 cm³/mol. The molecule has 0 radical (unpaired) electrons. The second-order valence-corrected chi connectivity index (χ2v) is 6.45. The number of hydrogen-bond donors (Lipinski definition) is 3. The van der Waals surface area contributed by atoms with E-state index in [1.807, 2.05) is 60.7 Å². The second-order valence-electron chi connectivity index (χ2n) is 6.45. The molecule has 0 heterocycles. The molecule has 0 unspecified atom stereocenters. The molecule has 146 valence electrons. The van der Waals surface area contributed by atoms with Crippen LogP contribution < -0.4 is 9.47 Å². The molecular weight excluding hydrogens is 356 g/mol. The highest BCUT2D eigenvalue weighted by Gasteiger charge is 2.23. The molecule has 0 amide bonds. The van der Waals surface area contributed by atoms with Crippen molar-refractivity contribution in [2.75, 3.05) is 0 Å². The first-order chi connectivity index (χ1) is 13.7. The SMILES string of the molecule is Cc1c(O)c(OCc2ccccc2)c(CO)c(CO)c1OCc1ccccc1. The first-order valence-corrected chi connectivity index (χ1v) is 9.08. The maximum absolute atomic E-state index is 10.7. The Morgan fingerprint density at radius 1 is 0.679 bits per heavy atom. The lowest BCUT2D eigenvalue weighted by Crippen LogP contribution is -2.08. The van der Waals surface area contributed by atoms with E-state index in [9.17, 15) is 15.3 Å².